The number of carbonyl (C=O) groups is 2. The summed E-state index contributed by atoms with van der Waals surface area (Å²) in [6.07, 6.45) is 3.45. The van der Waals surface area contributed by atoms with Crippen LogP contribution in [-0.2, 0) is 11.3 Å². The number of aromatic nitrogens is 1. The van der Waals surface area contributed by atoms with E-state index in [2.05, 4.69) is 22.2 Å². The number of carbonyl (C=O) groups excluding carboxylic acids is 2. The first-order valence-electron chi connectivity index (χ1n) is 7.76. The van der Waals surface area contributed by atoms with Crippen LogP contribution in [0.4, 0.5) is 0 Å². The van der Waals surface area contributed by atoms with Gasteiger partial charge in [0.15, 0.2) is 0 Å². The summed E-state index contributed by atoms with van der Waals surface area (Å²) in [7, 11) is 0. The fourth-order valence-electron chi connectivity index (χ4n) is 2.22. The Kier molecular flexibility index (Phi) is 5.89. The van der Waals surface area contributed by atoms with Crippen LogP contribution >= 0.6 is 0 Å². The maximum Gasteiger partial charge on any atom is 0.251 e. The number of pyridine rings is 1. The van der Waals surface area contributed by atoms with Gasteiger partial charge in [0.05, 0.1) is 18.3 Å². The number of furan rings is 1. The van der Waals surface area contributed by atoms with Crippen LogP contribution in [0.15, 0.2) is 47.5 Å². The summed E-state index contributed by atoms with van der Waals surface area (Å²) in [5, 5.41) is 5.58. The summed E-state index contributed by atoms with van der Waals surface area (Å²) < 4.78 is 5.59. The maximum atomic E-state index is 12.5. The van der Waals surface area contributed by atoms with Crippen molar-refractivity contribution in [3.05, 3.63) is 65.9 Å². The smallest absolute Gasteiger partial charge is 0.251 e. The summed E-state index contributed by atoms with van der Waals surface area (Å²) >= 11 is 0. The second-order valence-corrected chi connectivity index (χ2v) is 5.34. The van der Waals surface area contributed by atoms with Crippen LogP contribution in [0, 0.1) is 6.92 Å². The molecule has 2 heterocycles. The van der Waals surface area contributed by atoms with Crippen LogP contribution in [0.3, 0.4) is 0 Å². The van der Waals surface area contributed by atoms with Gasteiger partial charge in [0.1, 0.15) is 11.5 Å². The Balaban J connectivity index is 2.05. The van der Waals surface area contributed by atoms with Gasteiger partial charge in [0.25, 0.3) is 5.91 Å². The van der Waals surface area contributed by atoms with Gasteiger partial charge >= 0.3 is 0 Å². The molecule has 0 saturated heterocycles. The average molecular weight is 327 g/mol. The first-order valence-corrected chi connectivity index (χ1v) is 7.76. The van der Waals surface area contributed by atoms with Crippen LogP contribution < -0.4 is 10.6 Å². The molecule has 2 rings (SSSR count). The first kappa shape index (κ1) is 17.5. The number of amides is 2. The lowest BCUT2D eigenvalue weighted by molar-refractivity contribution is -0.116. The Morgan fingerprint density at radius 3 is 2.79 bits per heavy atom. The number of rotatable bonds is 7. The maximum absolute atomic E-state index is 12.5. The minimum absolute atomic E-state index is 0.191. The van der Waals surface area contributed by atoms with Gasteiger partial charge in [-0.3, -0.25) is 14.6 Å². The molecule has 2 aromatic heterocycles. The summed E-state index contributed by atoms with van der Waals surface area (Å²) in [6, 6.07) is 6.83. The Labute approximate surface area is 141 Å². The molecule has 0 spiro atoms. The van der Waals surface area contributed by atoms with Crippen LogP contribution in [0.2, 0.25) is 0 Å². The van der Waals surface area contributed by atoms with Crippen molar-refractivity contribution in [2.75, 3.05) is 0 Å². The zero-order valence-corrected chi connectivity index (χ0v) is 13.8. The molecule has 2 aromatic rings. The minimum Gasteiger partial charge on any atom is -0.464 e. The lowest BCUT2D eigenvalue weighted by Crippen LogP contribution is -2.28. The van der Waals surface area contributed by atoms with Crippen molar-refractivity contribution >= 4 is 11.8 Å². The molecule has 2 amide bonds. The Morgan fingerprint density at radius 2 is 2.17 bits per heavy atom. The lowest BCUT2D eigenvalue weighted by Gasteiger charge is -2.15. The van der Waals surface area contributed by atoms with Crippen molar-refractivity contribution in [2.24, 2.45) is 0 Å². The molecular formula is C18H21N3O3. The Morgan fingerprint density at radius 1 is 1.38 bits per heavy atom. The molecular weight excluding hydrogens is 306 g/mol. The summed E-state index contributed by atoms with van der Waals surface area (Å²) in [6.45, 7) is 7.47. The van der Waals surface area contributed by atoms with Gasteiger partial charge < -0.3 is 15.1 Å². The van der Waals surface area contributed by atoms with Crippen molar-refractivity contribution in [3.63, 3.8) is 0 Å². The lowest BCUT2D eigenvalue weighted by atomic mass is 10.1. The third kappa shape index (κ3) is 4.55. The largest absolute Gasteiger partial charge is 0.464 e. The molecule has 0 aromatic carbocycles. The van der Waals surface area contributed by atoms with Gasteiger partial charge in [-0.25, -0.2) is 0 Å². The SMILES string of the molecule is C=CC(=O)NCc1cc(C(=O)N[C@@H](CC)c2ccc(C)o2)ccn1. The molecule has 0 radical (unpaired) electrons. The van der Waals surface area contributed by atoms with Gasteiger partial charge in [-0.2, -0.15) is 0 Å². The second kappa shape index (κ2) is 8.10. The van der Waals surface area contributed by atoms with E-state index in [-0.39, 0.29) is 24.4 Å². The highest BCUT2D eigenvalue weighted by Gasteiger charge is 2.17. The molecule has 6 heteroatoms. The molecule has 0 saturated carbocycles. The standard InChI is InChI=1S/C18H21N3O3/c1-4-15(16-7-6-12(3)24-16)21-18(23)13-8-9-19-14(10-13)11-20-17(22)5-2/h5-10,15H,2,4,11H2,1,3H3,(H,20,22)(H,21,23)/t15-/m0/s1. The van der Waals surface area contributed by atoms with E-state index in [1.165, 1.54) is 6.08 Å². The zero-order valence-electron chi connectivity index (χ0n) is 13.8. The van der Waals surface area contributed by atoms with Gasteiger partial charge in [-0.05, 0) is 43.7 Å². The summed E-state index contributed by atoms with van der Waals surface area (Å²) in [4.78, 5) is 27.8. The molecule has 0 bridgehead atoms. The summed E-state index contributed by atoms with van der Waals surface area (Å²) in [5.41, 5.74) is 1.08. The Hall–Kier alpha value is -2.89. The van der Waals surface area contributed by atoms with E-state index in [1.807, 2.05) is 26.0 Å². The normalized spacial score (nSPS) is 11.6. The topological polar surface area (TPSA) is 84.2 Å². The fourth-order valence-corrected chi connectivity index (χ4v) is 2.22. The van der Waals surface area contributed by atoms with E-state index in [0.717, 1.165) is 11.5 Å². The van der Waals surface area contributed by atoms with Crippen LogP contribution in [0.25, 0.3) is 0 Å². The van der Waals surface area contributed by atoms with Crippen LogP contribution in [0.1, 0.15) is 47.0 Å². The van der Waals surface area contributed by atoms with Gasteiger partial charge in [-0.15, -0.1) is 0 Å². The molecule has 0 aliphatic heterocycles. The third-order valence-corrected chi connectivity index (χ3v) is 3.53. The number of nitrogens with one attached hydrogen (secondary N) is 2. The number of hydrogen-bond donors (Lipinski definition) is 2. The number of hydrogen-bond acceptors (Lipinski definition) is 4. The van der Waals surface area contributed by atoms with E-state index in [4.69, 9.17) is 4.42 Å². The molecule has 0 unspecified atom stereocenters. The molecule has 0 fully saturated rings. The predicted molar refractivity (Wildman–Crippen MR) is 90.2 cm³/mol. The highest BCUT2D eigenvalue weighted by atomic mass is 16.3. The van der Waals surface area contributed by atoms with E-state index in [9.17, 15) is 9.59 Å². The number of nitrogens with zero attached hydrogens (tertiary/aromatic N) is 1. The summed E-state index contributed by atoms with van der Waals surface area (Å²) in [5.74, 6) is 1.04. The van der Waals surface area contributed by atoms with Crippen LogP contribution in [0.5, 0.6) is 0 Å². The predicted octanol–water partition coefficient (Wildman–Crippen LogP) is 2.67. The van der Waals surface area contributed by atoms with Gasteiger partial charge in [-0.1, -0.05) is 13.5 Å². The van der Waals surface area contributed by atoms with Crippen molar-refractivity contribution in [1.82, 2.24) is 15.6 Å². The average Bonchev–Trinajstić information content (AvgIpc) is 3.03. The molecule has 126 valence electrons. The first-order chi connectivity index (χ1) is 11.5. The molecule has 24 heavy (non-hydrogen) atoms. The highest BCUT2D eigenvalue weighted by molar-refractivity contribution is 5.94. The quantitative estimate of drug-likeness (QED) is 0.766. The number of aryl methyl sites for hydroxylation is 1. The van der Waals surface area contributed by atoms with Gasteiger partial charge in [0.2, 0.25) is 5.91 Å². The molecule has 1 atom stereocenters. The van der Waals surface area contributed by atoms with Crippen molar-refractivity contribution in [1.29, 1.82) is 0 Å². The third-order valence-electron chi connectivity index (χ3n) is 3.53. The Bertz CT molecular complexity index is 737. The highest BCUT2D eigenvalue weighted by Crippen LogP contribution is 2.19. The van der Waals surface area contributed by atoms with E-state index in [0.29, 0.717) is 17.7 Å². The minimum atomic E-state index is -0.286. The molecule has 0 aliphatic carbocycles. The van der Waals surface area contributed by atoms with E-state index < -0.39 is 0 Å². The molecule has 6 nitrogen and oxygen atoms in total. The van der Waals surface area contributed by atoms with Gasteiger partial charge in [0, 0.05) is 11.8 Å². The molecule has 2 N–H and O–H groups in total. The second-order valence-electron chi connectivity index (χ2n) is 5.34. The monoisotopic (exact) mass is 327 g/mol. The zero-order chi connectivity index (χ0) is 17.5. The van der Waals surface area contributed by atoms with Crippen LogP contribution in [-0.4, -0.2) is 16.8 Å². The fraction of sp³-hybridized carbons (Fsp3) is 0.278. The van der Waals surface area contributed by atoms with Crippen molar-refractivity contribution in [3.8, 4) is 0 Å². The van der Waals surface area contributed by atoms with E-state index in [1.54, 1.807) is 18.3 Å². The van der Waals surface area contributed by atoms with Crippen molar-refractivity contribution < 1.29 is 14.0 Å². The molecule has 0 aliphatic rings. The van der Waals surface area contributed by atoms with E-state index >= 15 is 0 Å². The van der Waals surface area contributed by atoms with Crippen molar-refractivity contribution in [2.45, 2.75) is 32.9 Å².